The van der Waals surface area contributed by atoms with E-state index >= 15 is 0 Å². The normalized spacial score (nSPS) is 18.6. The third-order valence-corrected chi connectivity index (χ3v) is 4.87. The molecule has 1 aliphatic heterocycles. The first-order valence-corrected chi connectivity index (χ1v) is 8.81. The van der Waals surface area contributed by atoms with E-state index in [2.05, 4.69) is 27.2 Å². The highest BCUT2D eigenvalue weighted by molar-refractivity contribution is 5.77. The van der Waals surface area contributed by atoms with Gasteiger partial charge < -0.3 is 8.94 Å². The zero-order chi connectivity index (χ0) is 17.2. The minimum Gasteiger partial charge on any atom is -0.419 e. The highest BCUT2D eigenvalue weighted by Crippen LogP contribution is 2.33. The van der Waals surface area contributed by atoms with Gasteiger partial charge in [-0.3, -0.25) is 4.90 Å². The van der Waals surface area contributed by atoms with Crippen LogP contribution in [0.2, 0.25) is 0 Å². The van der Waals surface area contributed by atoms with E-state index in [1.54, 1.807) is 0 Å². The van der Waals surface area contributed by atoms with Crippen molar-refractivity contribution in [3.8, 4) is 22.7 Å². The first-order valence-electron chi connectivity index (χ1n) is 8.81. The first kappa shape index (κ1) is 16.0. The Kier molecular flexibility index (Phi) is 4.36. The fourth-order valence-corrected chi connectivity index (χ4v) is 3.40. The molecule has 1 aliphatic rings. The summed E-state index contributed by atoms with van der Waals surface area (Å²) >= 11 is 0. The Morgan fingerprint density at radius 1 is 1.16 bits per heavy atom. The van der Waals surface area contributed by atoms with Crippen LogP contribution in [0.1, 0.15) is 37.8 Å². The van der Waals surface area contributed by atoms with Gasteiger partial charge in [0, 0.05) is 11.6 Å². The van der Waals surface area contributed by atoms with Gasteiger partial charge in [0.2, 0.25) is 5.89 Å². The number of aryl methyl sites for hydroxylation is 1. The molecule has 130 valence electrons. The summed E-state index contributed by atoms with van der Waals surface area (Å²) in [5.41, 5.74) is 2.48. The van der Waals surface area contributed by atoms with E-state index in [-0.39, 0.29) is 0 Å². The number of benzene rings is 1. The number of aromatic nitrogens is 3. The molecule has 1 fully saturated rings. The molecule has 3 heterocycles. The summed E-state index contributed by atoms with van der Waals surface area (Å²) in [7, 11) is 0. The molecule has 1 saturated heterocycles. The molecule has 25 heavy (non-hydrogen) atoms. The molecule has 0 bridgehead atoms. The highest BCUT2D eigenvalue weighted by Gasteiger charge is 2.24. The van der Waals surface area contributed by atoms with Crippen LogP contribution in [0, 0.1) is 6.92 Å². The van der Waals surface area contributed by atoms with Crippen molar-refractivity contribution >= 4 is 0 Å². The van der Waals surface area contributed by atoms with Gasteiger partial charge in [-0.05, 0) is 33.2 Å². The van der Waals surface area contributed by atoms with Crippen LogP contribution in [0.3, 0.4) is 0 Å². The third-order valence-electron chi connectivity index (χ3n) is 4.87. The van der Waals surface area contributed by atoms with Crippen molar-refractivity contribution in [2.45, 2.75) is 45.7 Å². The van der Waals surface area contributed by atoms with Gasteiger partial charge in [0.25, 0.3) is 5.89 Å². The van der Waals surface area contributed by atoms with Crippen LogP contribution in [0.25, 0.3) is 22.7 Å². The Morgan fingerprint density at radius 3 is 2.80 bits per heavy atom. The Morgan fingerprint density at radius 2 is 2.00 bits per heavy atom. The van der Waals surface area contributed by atoms with Crippen molar-refractivity contribution in [1.82, 2.24) is 20.3 Å². The van der Waals surface area contributed by atoms with Gasteiger partial charge in [-0.25, -0.2) is 0 Å². The van der Waals surface area contributed by atoms with Crippen molar-refractivity contribution in [3.63, 3.8) is 0 Å². The van der Waals surface area contributed by atoms with Gasteiger partial charge in [0.05, 0.1) is 6.54 Å². The molecule has 2 aromatic heterocycles. The first-order chi connectivity index (χ1) is 12.2. The van der Waals surface area contributed by atoms with E-state index in [4.69, 9.17) is 8.94 Å². The highest BCUT2D eigenvalue weighted by atomic mass is 16.5. The van der Waals surface area contributed by atoms with E-state index in [1.165, 1.54) is 19.3 Å². The second kappa shape index (κ2) is 6.80. The SMILES string of the molecule is Cc1onc(-c2ccccc2)c1-c1nnc(CN2CCCC[C@@H]2C)o1. The smallest absolute Gasteiger partial charge is 0.253 e. The van der Waals surface area contributed by atoms with Gasteiger partial charge in [0.15, 0.2) is 0 Å². The average Bonchev–Trinajstić information content (AvgIpc) is 3.24. The van der Waals surface area contributed by atoms with Crippen LogP contribution < -0.4 is 0 Å². The number of likely N-dealkylation sites (tertiary alicyclic amines) is 1. The Labute approximate surface area is 146 Å². The monoisotopic (exact) mass is 338 g/mol. The molecular weight excluding hydrogens is 316 g/mol. The third kappa shape index (κ3) is 3.22. The summed E-state index contributed by atoms with van der Waals surface area (Å²) in [6, 6.07) is 10.5. The van der Waals surface area contributed by atoms with Crippen LogP contribution in [0.4, 0.5) is 0 Å². The van der Waals surface area contributed by atoms with Gasteiger partial charge >= 0.3 is 0 Å². The summed E-state index contributed by atoms with van der Waals surface area (Å²) in [4.78, 5) is 2.40. The molecular formula is C19H22N4O2. The largest absolute Gasteiger partial charge is 0.419 e. The van der Waals surface area contributed by atoms with Gasteiger partial charge in [-0.15, -0.1) is 10.2 Å². The molecule has 6 nitrogen and oxygen atoms in total. The Balaban J connectivity index is 1.61. The maximum absolute atomic E-state index is 5.96. The lowest BCUT2D eigenvalue weighted by Gasteiger charge is -2.31. The number of rotatable bonds is 4. The predicted molar refractivity (Wildman–Crippen MR) is 93.7 cm³/mol. The number of piperidine rings is 1. The summed E-state index contributed by atoms with van der Waals surface area (Å²) < 4.78 is 11.4. The molecule has 0 radical (unpaired) electrons. The van der Waals surface area contributed by atoms with Gasteiger partial charge in [0.1, 0.15) is 17.0 Å². The van der Waals surface area contributed by atoms with E-state index in [0.717, 1.165) is 23.4 Å². The molecule has 0 aliphatic carbocycles. The summed E-state index contributed by atoms with van der Waals surface area (Å²) in [6.07, 6.45) is 3.76. The van der Waals surface area contributed by atoms with E-state index in [1.807, 2.05) is 37.3 Å². The van der Waals surface area contributed by atoms with E-state index in [0.29, 0.717) is 30.1 Å². The topological polar surface area (TPSA) is 68.2 Å². The van der Waals surface area contributed by atoms with Crippen LogP contribution >= 0.6 is 0 Å². The average molecular weight is 338 g/mol. The lowest BCUT2D eigenvalue weighted by Crippen LogP contribution is -2.36. The van der Waals surface area contributed by atoms with Gasteiger partial charge in [-0.1, -0.05) is 41.9 Å². The lowest BCUT2D eigenvalue weighted by atomic mass is 10.0. The van der Waals surface area contributed by atoms with Crippen molar-refractivity contribution in [3.05, 3.63) is 42.0 Å². The molecule has 0 N–H and O–H groups in total. The second-order valence-corrected chi connectivity index (χ2v) is 6.64. The van der Waals surface area contributed by atoms with E-state index < -0.39 is 0 Å². The Hall–Kier alpha value is -2.47. The minimum absolute atomic E-state index is 0.470. The minimum atomic E-state index is 0.470. The molecule has 0 spiro atoms. The summed E-state index contributed by atoms with van der Waals surface area (Å²) in [5, 5.41) is 12.7. The van der Waals surface area contributed by atoms with Crippen LogP contribution in [0.5, 0.6) is 0 Å². The van der Waals surface area contributed by atoms with E-state index in [9.17, 15) is 0 Å². The van der Waals surface area contributed by atoms with Gasteiger partial charge in [-0.2, -0.15) is 0 Å². The molecule has 0 unspecified atom stereocenters. The van der Waals surface area contributed by atoms with Crippen molar-refractivity contribution < 1.29 is 8.94 Å². The molecule has 4 rings (SSSR count). The van der Waals surface area contributed by atoms with Crippen LogP contribution in [0.15, 0.2) is 39.3 Å². The van der Waals surface area contributed by atoms with Crippen LogP contribution in [-0.4, -0.2) is 32.8 Å². The summed E-state index contributed by atoms with van der Waals surface area (Å²) in [5.74, 6) is 1.79. The number of nitrogens with zero attached hydrogens (tertiary/aromatic N) is 4. The molecule has 3 aromatic rings. The maximum Gasteiger partial charge on any atom is 0.253 e. The standard InChI is InChI=1S/C19H22N4O2/c1-13-8-6-7-11-23(13)12-16-20-21-19(24-16)17-14(2)25-22-18(17)15-9-4-3-5-10-15/h3-5,9-10,13H,6-8,11-12H2,1-2H3/t13-/m0/s1. The Bertz CT molecular complexity index is 840. The quantitative estimate of drug-likeness (QED) is 0.714. The lowest BCUT2D eigenvalue weighted by molar-refractivity contribution is 0.139. The molecule has 0 saturated carbocycles. The zero-order valence-electron chi connectivity index (χ0n) is 14.6. The zero-order valence-corrected chi connectivity index (χ0v) is 14.6. The fourth-order valence-electron chi connectivity index (χ4n) is 3.40. The van der Waals surface area contributed by atoms with Crippen LogP contribution in [-0.2, 0) is 6.54 Å². The molecule has 6 heteroatoms. The summed E-state index contributed by atoms with van der Waals surface area (Å²) in [6.45, 7) is 5.90. The maximum atomic E-state index is 5.96. The molecule has 1 atom stereocenters. The van der Waals surface area contributed by atoms with Crippen molar-refractivity contribution in [1.29, 1.82) is 0 Å². The van der Waals surface area contributed by atoms with Crippen molar-refractivity contribution in [2.24, 2.45) is 0 Å². The second-order valence-electron chi connectivity index (χ2n) is 6.64. The van der Waals surface area contributed by atoms with Crippen molar-refractivity contribution in [2.75, 3.05) is 6.54 Å². The number of hydrogen-bond donors (Lipinski definition) is 0. The molecule has 1 aromatic carbocycles. The predicted octanol–water partition coefficient (Wildman–Crippen LogP) is 4.07. The fraction of sp³-hybridized carbons (Fsp3) is 0.421. The number of hydrogen-bond acceptors (Lipinski definition) is 6. The molecule has 0 amide bonds.